The molecule has 0 bridgehead atoms. The van der Waals surface area contributed by atoms with E-state index in [2.05, 4.69) is 39.5 Å². The molecule has 0 aromatic heterocycles. The lowest BCUT2D eigenvalue weighted by molar-refractivity contribution is -0.0889. The van der Waals surface area contributed by atoms with E-state index in [1.807, 2.05) is 0 Å². The number of β-amino-alcohol motifs (C(OH)–C–C–N with tert-alkyl or cyclic N) is 1. The Bertz CT molecular complexity index is 343. The molecule has 0 aromatic rings. The average Bonchev–Trinajstić information content (AvgIpc) is 2.43. The zero-order chi connectivity index (χ0) is 17.0. The van der Waals surface area contributed by atoms with Gasteiger partial charge < -0.3 is 27.0 Å². The van der Waals surface area contributed by atoms with Gasteiger partial charge in [-0.3, -0.25) is 4.90 Å². The Balaban J connectivity index is 0.00000288. The van der Waals surface area contributed by atoms with Gasteiger partial charge in [0, 0.05) is 19.6 Å². The molecule has 3 atom stereocenters. The molecule has 1 aliphatic heterocycles. The van der Waals surface area contributed by atoms with Crippen LogP contribution in [0.3, 0.4) is 0 Å². The number of nitrogens with zero attached hydrogens (tertiary/aromatic N) is 1. The molecule has 1 aliphatic carbocycles. The van der Waals surface area contributed by atoms with Crippen molar-refractivity contribution in [1.82, 2.24) is 4.90 Å². The van der Waals surface area contributed by atoms with Gasteiger partial charge in [-0.05, 0) is 50.9 Å². The van der Waals surface area contributed by atoms with Crippen LogP contribution in [0.15, 0.2) is 0 Å². The first kappa shape index (κ1) is 22.2. The second kappa shape index (κ2) is 9.72. The zero-order valence-corrected chi connectivity index (χ0v) is 16.9. The van der Waals surface area contributed by atoms with Crippen molar-refractivity contribution in [2.45, 2.75) is 84.7 Å². The van der Waals surface area contributed by atoms with Crippen LogP contribution in [0.2, 0.25) is 0 Å². The molecule has 144 valence electrons. The van der Waals surface area contributed by atoms with Crippen LogP contribution in [0, 0.1) is 11.3 Å². The van der Waals surface area contributed by atoms with Gasteiger partial charge in [-0.15, -0.1) is 0 Å². The molecule has 4 nitrogen and oxygen atoms in total. The van der Waals surface area contributed by atoms with E-state index in [4.69, 9.17) is 9.47 Å². The van der Waals surface area contributed by atoms with Crippen LogP contribution >= 0.6 is 0 Å². The van der Waals surface area contributed by atoms with E-state index in [1.54, 1.807) is 0 Å². The van der Waals surface area contributed by atoms with Crippen LogP contribution in [0.4, 0.5) is 0 Å². The van der Waals surface area contributed by atoms with Gasteiger partial charge in [0.25, 0.3) is 0 Å². The highest BCUT2D eigenvalue weighted by molar-refractivity contribution is 4.81. The number of hydrogen-bond donors (Lipinski definition) is 1. The Kier molecular flexibility index (Phi) is 8.98. The standard InChI is InChI=1S/C19H37NO3.ClH/c1-14-10-20(11-15(2)23-14)12-17(21)13-22-18-8-6-16(7-9-18)19(3,4)5;/h14-18,21H,6-13H2,1-5H3;1H/p-1. The minimum atomic E-state index is -0.396. The van der Waals surface area contributed by atoms with Crippen molar-refractivity contribution in [2.24, 2.45) is 11.3 Å². The highest BCUT2D eigenvalue weighted by Gasteiger charge is 2.30. The third-order valence-corrected chi connectivity index (χ3v) is 5.39. The molecule has 3 unspecified atom stereocenters. The maximum Gasteiger partial charge on any atom is 0.0900 e. The second-order valence-electron chi connectivity index (χ2n) is 8.80. The minimum Gasteiger partial charge on any atom is -1.00 e. The molecule has 24 heavy (non-hydrogen) atoms. The summed E-state index contributed by atoms with van der Waals surface area (Å²) in [5.74, 6) is 0.809. The molecule has 0 amide bonds. The molecule has 1 saturated carbocycles. The van der Waals surface area contributed by atoms with E-state index >= 15 is 0 Å². The summed E-state index contributed by atoms with van der Waals surface area (Å²) in [7, 11) is 0. The number of rotatable bonds is 5. The van der Waals surface area contributed by atoms with Crippen LogP contribution < -0.4 is 12.4 Å². The van der Waals surface area contributed by atoms with Gasteiger partial charge in [0.2, 0.25) is 0 Å². The van der Waals surface area contributed by atoms with E-state index in [1.165, 1.54) is 12.8 Å². The zero-order valence-electron chi connectivity index (χ0n) is 16.1. The molecule has 5 heteroatoms. The molecule has 1 saturated heterocycles. The number of halogens is 1. The Morgan fingerprint density at radius 1 is 1.08 bits per heavy atom. The minimum absolute atomic E-state index is 0. The molecule has 2 aliphatic rings. The fourth-order valence-electron chi connectivity index (χ4n) is 4.13. The van der Waals surface area contributed by atoms with Crippen molar-refractivity contribution in [2.75, 3.05) is 26.2 Å². The summed E-state index contributed by atoms with van der Waals surface area (Å²) < 4.78 is 11.7. The lowest BCUT2D eigenvalue weighted by atomic mass is 9.72. The van der Waals surface area contributed by atoms with E-state index in [9.17, 15) is 5.11 Å². The van der Waals surface area contributed by atoms with Crippen molar-refractivity contribution in [3.05, 3.63) is 0 Å². The predicted octanol–water partition coefficient (Wildman–Crippen LogP) is 0.0820. The molecule has 1 heterocycles. The molecule has 1 N–H and O–H groups in total. The normalized spacial score (nSPS) is 33.8. The Labute approximate surface area is 154 Å². The van der Waals surface area contributed by atoms with Gasteiger partial charge in [-0.1, -0.05) is 20.8 Å². The number of ether oxygens (including phenoxy) is 2. The highest BCUT2D eigenvalue weighted by atomic mass is 35.5. The Morgan fingerprint density at radius 2 is 1.62 bits per heavy atom. The summed E-state index contributed by atoms with van der Waals surface area (Å²) in [5.41, 5.74) is 0.411. The maximum absolute atomic E-state index is 10.3. The van der Waals surface area contributed by atoms with Crippen molar-refractivity contribution in [3.63, 3.8) is 0 Å². The second-order valence-corrected chi connectivity index (χ2v) is 8.80. The molecular weight excluding hydrogens is 326 g/mol. The first-order chi connectivity index (χ1) is 10.7. The summed E-state index contributed by atoms with van der Waals surface area (Å²) in [5, 5.41) is 10.3. The quantitative estimate of drug-likeness (QED) is 0.752. The van der Waals surface area contributed by atoms with Crippen molar-refractivity contribution >= 4 is 0 Å². The summed E-state index contributed by atoms with van der Waals surface area (Å²) in [4.78, 5) is 2.30. The number of morpholine rings is 1. The smallest absolute Gasteiger partial charge is 0.0900 e. The third-order valence-electron chi connectivity index (χ3n) is 5.39. The number of aliphatic hydroxyl groups excluding tert-OH is 1. The number of hydrogen-bond acceptors (Lipinski definition) is 4. The van der Waals surface area contributed by atoms with Gasteiger partial charge >= 0.3 is 0 Å². The number of aliphatic hydroxyl groups is 1. The van der Waals surface area contributed by atoms with Crippen molar-refractivity contribution < 1.29 is 27.0 Å². The summed E-state index contributed by atoms with van der Waals surface area (Å²) in [6, 6.07) is 0. The van der Waals surface area contributed by atoms with Crippen LogP contribution in [-0.4, -0.2) is 60.7 Å². The average molecular weight is 363 g/mol. The maximum atomic E-state index is 10.3. The van der Waals surface area contributed by atoms with Gasteiger partial charge in [0.1, 0.15) is 0 Å². The largest absolute Gasteiger partial charge is 1.00 e. The SMILES string of the molecule is CC1CN(CC(O)COC2CCC(C(C)(C)C)CC2)CC(C)O1.[Cl-]. The van der Waals surface area contributed by atoms with Gasteiger partial charge in [0.15, 0.2) is 0 Å². The molecular formula is C19H37ClNO3-. The van der Waals surface area contributed by atoms with Gasteiger partial charge in [0.05, 0.1) is 31.0 Å². The van der Waals surface area contributed by atoms with Crippen LogP contribution in [0.25, 0.3) is 0 Å². The molecule has 2 rings (SSSR count). The molecule has 0 aromatic carbocycles. The summed E-state index contributed by atoms with van der Waals surface area (Å²) >= 11 is 0. The summed E-state index contributed by atoms with van der Waals surface area (Å²) in [6.07, 6.45) is 5.23. The third kappa shape index (κ3) is 7.17. The van der Waals surface area contributed by atoms with Gasteiger partial charge in [-0.25, -0.2) is 0 Å². The van der Waals surface area contributed by atoms with Crippen molar-refractivity contribution in [1.29, 1.82) is 0 Å². The first-order valence-electron chi connectivity index (χ1n) is 9.41. The summed E-state index contributed by atoms with van der Waals surface area (Å²) in [6.45, 7) is 14.2. The first-order valence-corrected chi connectivity index (χ1v) is 9.41. The lowest BCUT2D eigenvalue weighted by Gasteiger charge is -2.38. The monoisotopic (exact) mass is 362 g/mol. The van der Waals surface area contributed by atoms with E-state index < -0.39 is 6.10 Å². The van der Waals surface area contributed by atoms with Crippen molar-refractivity contribution in [3.8, 4) is 0 Å². The van der Waals surface area contributed by atoms with Crippen LogP contribution in [-0.2, 0) is 9.47 Å². The fourth-order valence-corrected chi connectivity index (χ4v) is 4.13. The van der Waals surface area contributed by atoms with Gasteiger partial charge in [-0.2, -0.15) is 0 Å². The molecule has 0 radical (unpaired) electrons. The van der Waals surface area contributed by atoms with Crippen LogP contribution in [0.5, 0.6) is 0 Å². The molecule has 2 fully saturated rings. The Morgan fingerprint density at radius 3 is 2.12 bits per heavy atom. The van der Waals surface area contributed by atoms with Crippen LogP contribution in [0.1, 0.15) is 60.3 Å². The fraction of sp³-hybridized carbons (Fsp3) is 1.00. The lowest BCUT2D eigenvalue weighted by Crippen LogP contribution is -3.00. The van der Waals surface area contributed by atoms with E-state index in [0.717, 1.165) is 31.8 Å². The highest BCUT2D eigenvalue weighted by Crippen LogP contribution is 2.38. The van der Waals surface area contributed by atoms with E-state index in [-0.39, 0.29) is 24.6 Å². The molecule has 0 spiro atoms. The topological polar surface area (TPSA) is 41.9 Å². The Hall–Kier alpha value is 0.130. The predicted molar refractivity (Wildman–Crippen MR) is 93.6 cm³/mol. The van der Waals surface area contributed by atoms with E-state index in [0.29, 0.717) is 24.7 Å².